The van der Waals surface area contributed by atoms with E-state index in [1.807, 2.05) is 30.4 Å². The fourth-order valence-electron chi connectivity index (χ4n) is 2.82. The highest BCUT2D eigenvalue weighted by molar-refractivity contribution is 9.10. The highest BCUT2D eigenvalue weighted by Gasteiger charge is 2.21. The van der Waals surface area contributed by atoms with Crippen LogP contribution in [-0.2, 0) is 11.3 Å². The van der Waals surface area contributed by atoms with Crippen LogP contribution < -0.4 is 14.2 Å². The average molecular weight is 391 g/mol. The Morgan fingerprint density at radius 2 is 1.83 bits per heavy atom. The van der Waals surface area contributed by atoms with Gasteiger partial charge in [0.2, 0.25) is 5.75 Å². The minimum atomic E-state index is -0.0489. The molecule has 0 saturated heterocycles. The van der Waals surface area contributed by atoms with Crippen molar-refractivity contribution in [1.82, 2.24) is 0 Å². The lowest BCUT2D eigenvalue weighted by molar-refractivity contribution is 0.0996. The van der Waals surface area contributed by atoms with E-state index in [1.54, 1.807) is 21.3 Å². The van der Waals surface area contributed by atoms with Crippen LogP contribution in [0.2, 0.25) is 0 Å². The van der Waals surface area contributed by atoms with Gasteiger partial charge in [-0.2, -0.15) is 0 Å². The Kier molecular flexibility index (Phi) is 5.11. The molecule has 1 atom stereocenters. The van der Waals surface area contributed by atoms with Crippen molar-refractivity contribution in [3.8, 4) is 17.2 Å². The summed E-state index contributed by atoms with van der Waals surface area (Å²) in [6, 6.07) is 10.2. The molecule has 0 N–H and O–H groups in total. The first-order chi connectivity index (χ1) is 11.7. The maximum Gasteiger partial charge on any atom is 0.204 e. The minimum absolute atomic E-state index is 0.0489. The SMILES string of the molecule is COc1cc(/C=C/C2OCc3ccccc32)c(Br)c(OC)c1OC. The molecule has 0 radical (unpaired) electrons. The third-order valence-corrected chi connectivity index (χ3v) is 4.85. The second-order valence-corrected chi connectivity index (χ2v) is 6.13. The average Bonchev–Trinajstić information content (AvgIpc) is 3.03. The van der Waals surface area contributed by atoms with E-state index in [-0.39, 0.29) is 6.10 Å². The van der Waals surface area contributed by atoms with Gasteiger partial charge in [0.25, 0.3) is 0 Å². The highest BCUT2D eigenvalue weighted by atomic mass is 79.9. The Morgan fingerprint density at radius 1 is 1.08 bits per heavy atom. The van der Waals surface area contributed by atoms with Crippen LogP contribution in [0.4, 0.5) is 0 Å². The van der Waals surface area contributed by atoms with E-state index in [0.717, 1.165) is 10.0 Å². The zero-order valence-electron chi connectivity index (χ0n) is 13.8. The van der Waals surface area contributed by atoms with Crippen molar-refractivity contribution in [2.24, 2.45) is 0 Å². The maximum atomic E-state index is 5.85. The predicted molar refractivity (Wildman–Crippen MR) is 96.8 cm³/mol. The Balaban J connectivity index is 1.96. The van der Waals surface area contributed by atoms with Crippen molar-refractivity contribution in [2.75, 3.05) is 21.3 Å². The summed E-state index contributed by atoms with van der Waals surface area (Å²) in [6.07, 6.45) is 3.99. The molecule has 1 aliphatic rings. The lowest BCUT2D eigenvalue weighted by Crippen LogP contribution is -1.97. The molecule has 4 nitrogen and oxygen atoms in total. The van der Waals surface area contributed by atoms with Crippen molar-refractivity contribution in [2.45, 2.75) is 12.7 Å². The second-order valence-electron chi connectivity index (χ2n) is 5.34. The monoisotopic (exact) mass is 390 g/mol. The molecule has 0 aliphatic carbocycles. The fourth-order valence-corrected chi connectivity index (χ4v) is 3.41. The number of methoxy groups -OCH3 is 3. The first-order valence-corrected chi connectivity index (χ1v) is 8.35. The zero-order valence-corrected chi connectivity index (χ0v) is 15.4. The van der Waals surface area contributed by atoms with Gasteiger partial charge in [-0.25, -0.2) is 0 Å². The number of benzene rings is 2. The summed E-state index contributed by atoms with van der Waals surface area (Å²) in [7, 11) is 4.80. The minimum Gasteiger partial charge on any atom is -0.493 e. The third kappa shape index (κ3) is 3.01. The predicted octanol–water partition coefficient (Wildman–Crippen LogP) is 4.76. The second kappa shape index (κ2) is 7.28. The van der Waals surface area contributed by atoms with Gasteiger partial charge in [0.15, 0.2) is 11.5 Å². The van der Waals surface area contributed by atoms with E-state index in [2.05, 4.69) is 28.1 Å². The van der Waals surface area contributed by atoms with Gasteiger partial charge < -0.3 is 18.9 Å². The van der Waals surface area contributed by atoms with Gasteiger partial charge >= 0.3 is 0 Å². The summed E-state index contributed by atoms with van der Waals surface area (Å²) < 4.78 is 22.9. The van der Waals surface area contributed by atoms with Crippen LogP contribution in [-0.4, -0.2) is 21.3 Å². The number of fused-ring (bicyclic) bond motifs is 1. The molecule has 3 rings (SSSR count). The fraction of sp³-hybridized carbons (Fsp3) is 0.263. The molecule has 5 heteroatoms. The highest BCUT2D eigenvalue weighted by Crippen LogP contribution is 2.45. The number of ether oxygens (including phenoxy) is 4. The number of rotatable bonds is 5. The summed E-state index contributed by atoms with van der Waals surface area (Å²) in [5.41, 5.74) is 3.37. The van der Waals surface area contributed by atoms with Gasteiger partial charge in [-0.3, -0.25) is 0 Å². The largest absolute Gasteiger partial charge is 0.493 e. The summed E-state index contributed by atoms with van der Waals surface area (Å²) in [5, 5.41) is 0. The Morgan fingerprint density at radius 3 is 2.54 bits per heavy atom. The normalized spacial score (nSPS) is 16.2. The number of halogens is 1. The molecular formula is C19H19BrO4. The van der Waals surface area contributed by atoms with E-state index in [1.165, 1.54) is 11.1 Å². The number of hydrogen-bond donors (Lipinski definition) is 0. The van der Waals surface area contributed by atoms with Crippen LogP contribution >= 0.6 is 15.9 Å². The molecule has 126 valence electrons. The van der Waals surface area contributed by atoms with Crippen molar-refractivity contribution in [1.29, 1.82) is 0 Å². The summed E-state index contributed by atoms with van der Waals surface area (Å²) in [5.74, 6) is 1.78. The van der Waals surface area contributed by atoms with Crippen molar-refractivity contribution in [3.05, 3.63) is 57.6 Å². The molecule has 0 amide bonds. The van der Waals surface area contributed by atoms with Crippen LogP contribution in [0.5, 0.6) is 17.2 Å². The molecule has 0 spiro atoms. The molecule has 2 aromatic carbocycles. The van der Waals surface area contributed by atoms with E-state index in [0.29, 0.717) is 23.9 Å². The van der Waals surface area contributed by atoms with Gasteiger partial charge in [0.05, 0.1) is 32.4 Å². The summed E-state index contributed by atoms with van der Waals surface area (Å²) >= 11 is 3.59. The maximum absolute atomic E-state index is 5.85. The van der Waals surface area contributed by atoms with E-state index in [9.17, 15) is 0 Å². The smallest absolute Gasteiger partial charge is 0.204 e. The summed E-state index contributed by atoms with van der Waals surface area (Å²) in [4.78, 5) is 0. The quantitative estimate of drug-likeness (QED) is 0.737. The van der Waals surface area contributed by atoms with Crippen LogP contribution in [0.1, 0.15) is 22.8 Å². The Labute approximate surface area is 150 Å². The number of hydrogen-bond acceptors (Lipinski definition) is 4. The van der Waals surface area contributed by atoms with E-state index < -0.39 is 0 Å². The lowest BCUT2D eigenvalue weighted by Gasteiger charge is -2.15. The van der Waals surface area contributed by atoms with Gasteiger partial charge in [-0.05, 0) is 38.7 Å². The molecule has 2 aromatic rings. The first-order valence-electron chi connectivity index (χ1n) is 7.55. The zero-order chi connectivity index (χ0) is 17.1. The molecule has 0 aromatic heterocycles. The molecular weight excluding hydrogens is 372 g/mol. The molecule has 0 fully saturated rings. The van der Waals surface area contributed by atoms with Gasteiger partial charge in [0, 0.05) is 0 Å². The van der Waals surface area contributed by atoms with Gasteiger partial charge in [-0.1, -0.05) is 36.4 Å². The third-order valence-electron chi connectivity index (χ3n) is 4.03. The van der Waals surface area contributed by atoms with Crippen molar-refractivity contribution in [3.63, 3.8) is 0 Å². The molecule has 1 unspecified atom stereocenters. The van der Waals surface area contributed by atoms with Crippen molar-refractivity contribution >= 4 is 22.0 Å². The van der Waals surface area contributed by atoms with Gasteiger partial charge in [-0.15, -0.1) is 0 Å². The molecule has 1 heterocycles. The topological polar surface area (TPSA) is 36.9 Å². The Bertz CT molecular complexity index is 770. The van der Waals surface area contributed by atoms with Crippen LogP contribution in [0.15, 0.2) is 40.9 Å². The first kappa shape index (κ1) is 16.9. The van der Waals surface area contributed by atoms with E-state index in [4.69, 9.17) is 18.9 Å². The van der Waals surface area contributed by atoms with Crippen LogP contribution in [0.3, 0.4) is 0 Å². The van der Waals surface area contributed by atoms with Crippen LogP contribution in [0, 0.1) is 0 Å². The molecule has 0 saturated carbocycles. The van der Waals surface area contributed by atoms with E-state index >= 15 is 0 Å². The lowest BCUT2D eigenvalue weighted by atomic mass is 10.0. The molecule has 1 aliphatic heterocycles. The Hall–Kier alpha value is -1.98. The van der Waals surface area contributed by atoms with Crippen molar-refractivity contribution < 1.29 is 18.9 Å². The van der Waals surface area contributed by atoms with Crippen LogP contribution in [0.25, 0.3) is 6.08 Å². The standard InChI is InChI=1S/C19H19BrO4/c1-21-16-10-12(17(20)19(23-3)18(16)22-2)8-9-15-14-7-5-4-6-13(14)11-24-15/h4-10,15H,11H2,1-3H3/b9-8+. The molecule has 0 bridgehead atoms. The molecule has 24 heavy (non-hydrogen) atoms. The van der Waals surface area contributed by atoms with Gasteiger partial charge in [0.1, 0.15) is 6.10 Å². The summed E-state index contributed by atoms with van der Waals surface area (Å²) in [6.45, 7) is 0.640.